The quantitative estimate of drug-likeness (QED) is 0.356. The summed E-state index contributed by atoms with van der Waals surface area (Å²) in [5, 5.41) is 0. The minimum Gasteiger partial charge on any atom is -0.456 e. The number of pyridine rings is 1. The summed E-state index contributed by atoms with van der Waals surface area (Å²) in [6, 6.07) is 15.3. The molecule has 2 aliphatic rings. The van der Waals surface area contributed by atoms with E-state index in [1.165, 1.54) is 19.0 Å². The summed E-state index contributed by atoms with van der Waals surface area (Å²) < 4.78 is 6.16. The minimum absolute atomic E-state index is 0.180. The second-order valence-electron chi connectivity index (χ2n) is 8.55. The molecule has 0 spiro atoms. The molecule has 0 atom stereocenters. The molecule has 1 aliphatic carbocycles. The lowest BCUT2D eigenvalue weighted by Gasteiger charge is -2.38. The van der Waals surface area contributed by atoms with Gasteiger partial charge in [-0.15, -0.1) is 0 Å². The third kappa shape index (κ3) is 4.57. The highest BCUT2D eigenvalue weighted by atomic mass is 17.2. The van der Waals surface area contributed by atoms with E-state index in [9.17, 15) is 9.59 Å². The van der Waals surface area contributed by atoms with Crippen molar-refractivity contribution in [1.29, 1.82) is 0 Å². The Morgan fingerprint density at radius 2 is 1.77 bits per heavy atom. The summed E-state index contributed by atoms with van der Waals surface area (Å²) in [5.41, 5.74) is 3.22. The molecule has 0 saturated heterocycles. The molecule has 180 valence electrons. The summed E-state index contributed by atoms with van der Waals surface area (Å²) in [6.45, 7) is 5.10. The molecule has 2 aromatic carbocycles. The van der Waals surface area contributed by atoms with Gasteiger partial charge in [-0.2, -0.15) is 4.89 Å². The summed E-state index contributed by atoms with van der Waals surface area (Å²) >= 11 is 0. The average molecular weight is 474 g/mol. The van der Waals surface area contributed by atoms with Crippen LogP contribution in [-0.4, -0.2) is 42.6 Å². The van der Waals surface area contributed by atoms with Gasteiger partial charge in [-0.3, -0.25) is 14.7 Å². The van der Waals surface area contributed by atoms with Gasteiger partial charge in [0, 0.05) is 37.1 Å². The molecule has 1 amide bonds. The average Bonchev–Trinajstić information content (AvgIpc) is 3.73. The third-order valence-corrected chi connectivity index (χ3v) is 6.27. The lowest BCUT2D eigenvalue weighted by molar-refractivity contribution is -0.236. The van der Waals surface area contributed by atoms with Gasteiger partial charge < -0.3 is 14.5 Å². The van der Waals surface area contributed by atoms with E-state index in [0.29, 0.717) is 40.8 Å². The van der Waals surface area contributed by atoms with Crippen molar-refractivity contribution in [3.8, 4) is 11.5 Å². The van der Waals surface area contributed by atoms with Gasteiger partial charge >= 0.3 is 5.97 Å². The molecule has 0 unspecified atom stereocenters. The standard InChI is InChI=1S/C27H27N3O5/c1-3-33-35-27(32)20-7-6-10-24(18(20)2)34-25-13-14-28-17-21(25)26(31)30-16-15-29(19-11-12-19)22-8-4-5-9-23(22)30/h4-10,13-14,17,19H,3,11-12,15-16H2,1-2H3. The molecular formula is C27H27N3O5. The topological polar surface area (TPSA) is 81.2 Å². The van der Waals surface area contributed by atoms with Crippen molar-refractivity contribution in [2.24, 2.45) is 0 Å². The van der Waals surface area contributed by atoms with Gasteiger partial charge in [0.15, 0.2) is 0 Å². The molecule has 1 fully saturated rings. The van der Waals surface area contributed by atoms with Crippen molar-refractivity contribution in [3.63, 3.8) is 0 Å². The van der Waals surface area contributed by atoms with Crippen LogP contribution in [0.25, 0.3) is 0 Å². The number of benzene rings is 2. The van der Waals surface area contributed by atoms with Gasteiger partial charge in [0.25, 0.3) is 5.91 Å². The van der Waals surface area contributed by atoms with Crippen LogP contribution in [0.5, 0.6) is 11.5 Å². The number of anilines is 2. The van der Waals surface area contributed by atoms with Crippen molar-refractivity contribution < 1.29 is 24.1 Å². The van der Waals surface area contributed by atoms with Crippen molar-refractivity contribution >= 4 is 23.3 Å². The fourth-order valence-electron chi connectivity index (χ4n) is 4.36. The maximum absolute atomic E-state index is 13.7. The zero-order chi connectivity index (χ0) is 24.4. The van der Waals surface area contributed by atoms with Crippen LogP contribution in [0.4, 0.5) is 11.4 Å². The van der Waals surface area contributed by atoms with Crippen molar-refractivity contribution in [2.75, 3.05) is 29.5 Å². The van der Waals surface area contributed by atoms with Crippen LogP contribution < -0.4 is 14.5 Å². The van der Waals surface area contributed by atoms with E-state index >= 15 is 0 Å². The van der Waals surface area contributed by atoms with Crippen LogP contribution in [-0.2, 0) is 9.78 Å². The fraction of sp³-hybridized carbons (Fsp3) is 0.296. The van der Waals surface area contributed by atoms with E-state index in [1.54, 1.807) is 49.2 Å². The maximum atomic E-state index is 13.7. The molecule has 8 heteroatoms. The lowest BCUT2D eigenvalue weighted by Crippen LogP contribution is -2.45. The molecule has 1 saturated carbocycles. The van der Waals surface area contributed by atoms with Gasteiger partial charge in [0.05, 0.1) is 23.5 Å². The number of hydrogen-bond donors (Lipinski definition) is 0. The molecule has 0 bridgehead atoms. The summed E-state index contributed by atoms with van der Waals surface area (Å²) in [5.74, 6) is 0.0206. The van der Waals surface area contributed by atoms with Crippen LogP contribution in [0, 0.1) is 6.92 Å². The van der Waals surface area contributed by atoms with Crippen LogP contribution >= 0.6 is 0 Å². The molecule has 2 heterocycles. The number of aromatic nitrogens is 1. The Kier molecular flexibility index (Phi) is 6.37. The zero-order valence-corrected chi connectivity index (χ0v) is 19.8. The maximum Gasteiger partial charge on any atom is 0.373 e. The second-order valence-corrected chi connectivity index (χ2v) is 8.55. The molecule has 1 aromatic heterocycles. The van der Waals surface area contributed by atoms with E-state index in [-0.39, 0.29) is 12.5 Å². The Bertz CT molecular complexity index is 1260. The normalized spacial score (nSPS) is 14.9. The van der Waals surface area contributed by atoms with Crippen molar-refractivity contribution in [2.45, 2.75) is 32.7 Å². The number of carbonyl (C=O) groups excluding carboxylic acids is 2. The van der Waals surface area contributed by atoms with E-state index in [1.807, 2.05) is 18.2 Å². The number of nitrogens with zero attached hydrogens (tertiary/aromatic N) is 3. The minimum atomic E-state index is -0.606. The van der Waals surface area contributed by atoms with E-state index in [4.69, 9.17) is 14.5 Å². The fourth-order valence-corrected chi connectivity index (χ4v) is 4.36. The second kappa shape index (κ2) is 9.76. The molecule has 0 N–H and O–H groups in total. The Hall–Kier alpha value is -3.91. The first kappa shape index (κ1) is 22.9. The van der Waals surface area contributed by atoms with Crippen molar-refractivity contribution in [1.82, 2.24) is 4.98 Å². The summed E-state index contributed by atoms with van der Waals surface area (Å²) in [7, 11) is 0. The number of hydrogen-bond acceptors (Lipinski definition) is 7. The zero-order valence-electron chi connectivity index (χ0n) is 19.8. The monoisotopic (exact) mass is 473 g/mol. The molecule has 1 aliphatic heterocycles. The number of rotatable bonds is 7. The van der Waals surface area contributed by atoms with Crippen LogP contribution in [0.3, 0.4) is 0 Å². The highest BCUT2D eigenvalue weighted by Crippen LogP contribution is 2.41. The van der Waals surface area contributed by atoms with Gasteiger partial charge in [-0.05, 0) is 57.0 Å². The predicted molar refractivity (Wildman–Crippen MR) is 131 cm³/mol. The van der Waals surface area contributed by atoms with Gasteiger partial charge in [-0.1, -0.05) is 18.2 Å². The molecular weight excluding hydrogens is 446 g/mol. The van der Waals surface area contributed by atoms with Crippen LogP contribution in [0.1, 0.15) is 46.0 Å². The highest BCUT2D eigenvalue weighted by molar-refractivity contribution is 6.10. The van der Waals surface area contributed by atoms with Crippen LogP contribution in [0.2, 0.25) is 0 Å². The lowest BCUT2D eigenvalue weighted by atomic mass is 10.1. The molecule has 5 rings (SSSR count). The van der Waals surface area contributed by atoms with Crippen LogP contribution in [0.15, 0.2) is 60.9 Å². The van der Waals surface area contributed by atoms with E-state index in [0.717, 1.165) is 17.9 Å². The van der Waals surface area contributed by atoms with Gasteiger partial charge in [0.1, 0.15) is 17.1 Å². The Morgan fingerprint density at radius 3 is 2.54 bits per heavy atom. The summed E-state index contributed by atoms with van der Waals surface area (Å²) in [6.07, 6.45) is 5.49. The largest absolute Gasteiger partial charge is 0.456 e. The number of ether oxygens (including phenoxy) is 1. The smallest absolute Gasteiger partial charge is 0.373 e. The number of amides is 1. The highest BCUT2D eigenvalue weighted by Gasteiger charge is 2.36. The molecule has 0 radical (unpaired) electrons. The number of para-hydroxylation sites is 2. The first-order chi connectivity index (χ1) is 17.1. The Balaban J connectivity index is 1.43. The van der Waals surface area contributed by atoms with Gasteiger partial charge in [0.2, 0.25) is 0 Å². The molecule has 8 nitrogen and oxygen atoms in total. The van der Waals surface area contributed by atoms with Gasteiger partial charge in [-0.25, -0.2) is 4.79 Å². The van der Waals surface area contributed by atoms with E-state index in [2.05, 4.69) is 16.0 Å². The third-order valence-electron chi connectivity index (χ3n) is 6.27. The Morgan fingerprint density at radius 1 is 0.971 bits per heavy atom. The number of fused-ring (bicyclic) bond motifs is 1. The molecule has 35 heavy (non-hydrogen) atoms. The number of carbonyl (C=O) groups is 2. The SMILES string of the molecule is CCOOC(=O)c1cccc(Oc2ccncc2C(=O)N2CCN(C3CC3)c3ccccc32)c1C. The Labute approximate surface area is 204 Å². The molecule has 3 aromatic rings. The predicted octanol–water partition coefficient (Wildman–Crippen LogP) is 4.92. The van der Waals surface area contributed by atoms with E-state index < -0.39 is 5.97 Å². The summed E-state index contributed by atoms with van der Waals surface area (Å²) in [4.78, 5) is 44.0. The van der Waals surface area contributed by atoms with Crippen molar-refractivity contribution in [3.05, 3.63) is 77.6 Å². The first-order valence-electron chi connectivity index (χ1n) is 11.8. The first-order valence-corrected chi connectivity index (χ1v) is 11.8.